The van der Waals surface area contributed by atoms with Gasteiger partial charge in [-0.2, -0.15) is 0 Å². The molecule has 2 atom stereocenters. The number of fused-ring (bicyclic) bond motifs is 2. The Morgan fingerprint density at radius 2 is 1.88 bits per heavy atom. The molecule has 2 rings (SSSR count). The Hall–Kier alpha value is -0.610. The largest absolute Gasteiger partial charge is 0.469 e. The molecule has 2 aliphatic rings. The van der Waals surface area contributed by atoms with Crippen molar-refractivity contribution < 1.29 is 14.6 Å². The summed E-state index contributed by atoms with van der Waals surface area (Å²) >= 11 is 0. The van der Waals surface area contributed by atoms with Crippen LogP contribution in [-0.4, -0.2) is 47.8 Å². The number of aliphatic hydroxyl groups excluding tert-OH is 1. The smallest absolute Gasteiger partial charge is 0.312 e. The van der Waals surface area contributed by atoms with E-state index in [4.69, 9.17) is 4.74 Å². The molecule has 4 heteroatoms. The SMILES string of the molecule is COC(=O)C(C)(C)CN1C2CCC1CC(O)C2. The minimum atomic E-state index is -0.460. The van der Waals surface area contributed by atoms with Crippen LogP contribution in [0.25, 0.3) is 0 Å². The van der Waals surface area contributed by atoms with Crippen molar-refractivity contribution in [2.24, 2.45) is 5.41 Å². The summed E-state index contributed by atoms with van der Waals surface area (Å²) in [6, 6.07) is 0.903. The minimum Gasteiger partial charge on any atom is -0.469 e. The van der Waals surface area contributed by atoms with Gasteiger partial charge in [0.05, 0.1) is 18.6 Å². The first-order valence-corrected chi connectivity index (χ1v) is 6.46. The molecule has 0 saturated carbocycles. The summed E-state index contributed by atoms with van der Waals surface area (Å²) in [7, 11) is 1.44. The van der Waals surface area contributed by atoms with Crippen LogP contribution in [0.2, 0.25) is 0 Å². The van der Waals surface area contributed by atoms with Crippen LogP contribution < -0.4 is 0 Å². The van der Waals surface area contributed by atoms with Crippen LogP contribution in [0.3, 0.4) is 0 Å². The van der Waals surface area contributed by atoms with Gasteiger partial charge in [-0.05, 0) is 39.5 Å². The molecule has 4 nitrogen and oxygen atoms in total. The molecule has 2 fully saturated rings. The van der Waals surface area contributed by atoms with Crippen LogP contribution in [-0.2, 0) is 9.53 Å². The molecule has 17 heavy (non-hydrogen) atoms. The molecule has 98 valence electrons. The molecule has 0 aliphatic carbocycles. The molecular formula is C13H23NO3. The standard InChI is InChI=1S/C13H23NO3/c1-13(2,12(16)17-3)8-14-9-4-5-10(14)7-11(15)6-9/h9-11,15H,4-8H2,1-3H3. The van der Waals surface area contributed by atoms with Gasteiger partial charge in [0.2, 0.25) is 0 Å². The van der Waals surface area contributed by atoms with Gasteiger partial charge in [0.25, 0.3) is 0 Å². The van der Waals surface area contributed by atoms with Crippen LogP contribution in [0.1, 0.15) is 39.5 Å². The summed E-state index contributed by atoms with van der Waals surface area (Å²) in [5.41, 5.74) is -0.460. The normalized spacial score (nSPS) is 33.8. The van der Waals surface area contributed by atoms with E-state index in [-0.39, 0.29) is 12.1 Å². The molecule has 0 aromatic carbocycles. The third-order valence-electron chi connectivity index (χ3n) is 4.18. The van der Waals surface area contributed by atoms with E-state index >= 15 is 0 Å². The van der Waals surface area contributed by atoms with Gasteiger partial charge in [0, 0.05) is 18.6 Å². The van der Waals surface area contributed by atoms with Crippen LogP contribution in [0.15, 0.2) is 0 Å². The number of nitrogens with zero attached hydrogens (tertiary/aromatic N) is 1. The van der Waals surface area contributed by atoms with Gasteiger partial charge in [-0.3, -0.25) is 9.69 Å². The Morgan fingerprint density at radius 1 is 1.35 bits per heavy atom. The van der Waals surface area contributed by atoms with Gasteiger partial charge in [-0.25, -0.2) is 0 Å². The fourth-order valence-corrected chi connectivity index (χ4v) is 3.30. The van der Waals surface area contributed by atoms with Crippen LogP contribution in [0.4, 0.5) is 0 Å². The average molecular weight is 241 g/mol. The maximum absolute atomic E-state index is 11.7. The van der Waals surface area contributed by atoms with Crippen molar-refractivity contribution in [3.05, 3.63) is 0 Å². The molecular weight excluding hydrogens is 218 g/mol. The van der Waals surface area contributed by atoms with Crippen molar-refractivity contribution in [1.82, 2.24) is 4.90 Å². The lowest BCUT2D eigenvalue weighted by Crippen LogP contribution is -2.50. The zero-order valence-electron chi connectivity index (χ0n) is 11.0. The van der Waals surface area contributed by atoms with E-state index in [1.54, 1.807) is 0 Å². The number of hydrogen-bond acceptors (Lipinski definition) is 4. The summed E-state index contributed by atoms with van der Waals surface area (Å²) in [5, 5.41) is 9.74. The zero-order valence-corrected chi connectivity index (χ0v) is 11.0. The van der Waals surface area contributed by atoms with Gasteiger partial charge in [-0.1, -0.05) is 0 Å². The third kappa shape index (κ3) is 2.47. The summed E-state index contributed by atoms with van der Waals surface area (Å²) in [5.74, 6) is -0.150. The van der Waals surface area contributed by atoms with Gasteiger partial charge in [0.1, 0.15) is 0 Å². The summed E-state index contributed by atoms with van der Waals surface area (Å²) in [6.45, 7) is 4.61. The van der Waals surface area contributed by atoms with E-state index < -0.39 is 5.41 Å². The first kappa shape index (κ1) is 12.8. The van der Waals surface area contributed by atoms with Gasteiger partial charge >= 0.3 is 5.97 Å². The van der Waals surface area contributed by atoms with Gasteiger partial charge in [-0.15, -0.1) is 0 Å². The number of ether oxygens (including phenoxy) is 1. The monoisotopic (exact) mass is 241 g/mol. The highest BCUT2D eigenvalue weighted by Crippen LogP contribution is 2.37. The number of aliphatic hydroxyl groups is 1. The quantitative estimate of drug-likeness (QED) is 0.754. The van der Waals surface area contributed by atoms with Gasteiger partial charge in [0.15, 0.2) is 0 Å². The van der Waals surface area contributed by atoms with Crippen LogP contribution in [0, 0.1) is 5.41 Å². The number of hydrogen-bond donors (Lipinski definition) is 1. The lowest BCUT2D eigenvalue weighted by molar-refractivity contribution is -0.152. The van der Waals surface area contributed by atoms with E-state index in [1.807, 2.05) is 13.8 Å². The highest BCUT2D eigenvalue weighted by molar-refractivity contribution is 5.76. The Morgan fingerprint density at radius 3 is 2.35 bits per heavy atom. The van der Waals surface area contributed by atoms with Crippen molar-refractivity contribution >= 4 is 5.97 Å². The Bertz CT molecular complexity index is 289. The predicted octanol–water partition coefficient (Wildman–Crippen LogP) is 1.17. The highest BCUT2D eigenvalue weighted by atomic mass is 16.5. The Kier molecular flexibility index (Phi) is 3.46. The van der Waals surface area contributed by atoms with E-state index in [0.29, 0.717) is 12.1 Å². The van der Waals surface area contributed by atoms with Crippen LogP contribution >= 0.6 is 0 Å². The minimum absolute atomic E-state index is 0.148. The molecule has 0 aromatic heterocycles. The highest BCUT2D eigenvalue weighted by Gasteiger charge is 2.43. The molecule has 2 aliphatic heterocycles. The van der Waals surface area contributed by atoms with E-state index in [0.717, 1.165) is 32.2 Å². The topological polar surface area (TPSA) is 49.8 Å². The molecule has 2 heterocycles. The van der Waals surface area contributed by atoms with Crippen LogP contribution in [0.5, 0.6) is 0 Å². The molecule has 2 unspecified atom stereocenters. The summed E-state index contributed by atoms with van der Waals surface area (Å²) in [6.07, 6.45) is 3.87. The number of piperidine rings is 1. The molecule has 0 aromatic rings. The van der Waals surface area contributed by atoms with Crippen molar-refractivity contribution in [3.63, 3.8) is 0 Å². The molecule has 0 spiro atoms. The fourth-order valence-electron chi connectivity index (χ4n) is 3.30. The van der Waals surface area contributed by atoms with E-state index in [1.165, 1.54) is 7.11 Å². The van der Waals surface area contributed by atoms with Gasteiger partial charge < -0.3 is 9.84 Å². The predicted molar refractivity (Wildman–Crippen MR) is 64.6 cm³/mol. The number of methoxy groups -OCH3 is 1. The molecule has 0 radical (unpaired) electrons. The van der Waals surface area contributed by atoms with E-state index in [9.17, 15) is 9.90 Å². The molecule has 0 amide bonds. The second kappa shape index (κ2) is 4.58. The summed E-state index contributed by atoms with van der Waals surface area (Å²) in [4.78, 5) is 14.1. The second-order valence-corrected chi connectivity index (χ2v) is 6.06. The maximum atomic E-state index is 11.7. The van der Waals surface area contributed by atoms with E-state index in [2.05, 4.69) is 4.90 Å². The first-order valence-electron chi connectivity index (χ1n) is 6.46. The molecule has 1 N–H and O–H groups in total. The lowest BCUT2D eigenvalue weighted by Gasteiger charge is -2.40. The molecule has 2 saturated heterocycles. The zero-order chi connectivity index (χ0) is 12.6. The Labute approximate surface area is 103 Å². The molecule has 2 bridgehead atoms. The van der Waals surface area contributed by atoms with Crippen molar-refractivity contribution in [3.8, 4) is 0 Å². The lowest BCUT2D eigenvalue weighted by atomic mass is 9.90. The number of carbonyl (C=O) groups excluding carboxylic acids is 1. The maximum Gasteiger partial charge on any atom is 0.312 e. The summed E-state index contributed by atoms with van der Waals surface area (Å²) < 4.78 is 4.85. The fraction of sp³-hybridized carbons (Fsp3) is 0.923. The van der Waals surface area contributed by atoms with Crippen molar-refractivity contribution in [1.29, 1.82) is 0 Å². The first-order chi connectivity index (χ1) is 7.94. The Balaban J connectivity index is 2.03. The van der Waals surface area contributed by atoms with Crippen molar-refractivity contribution in [2.75, 3.05) is 13.7 Å². The van der Waals surface area contributed by atoms with Crippen molar-refractivity contribution in [2.45, 2.75) is 57.7 Å². The third-order valence-corrected chi connectivity index (χ3v) is 4.18. The number of carbonyl (C=O) groups is 1. The number of rotatable bonds is 3. The number of esters is 1. The second-order valence-electron chi connectivity index (χ2n) is 6.06. The average Bonchev–Trinajstić information content (AvgIpc) is 2.51.